The first kappa shape index (κ1) is 10.8. The molecule has 5 unspecified atom stereocenters. The van der Waals surface area contributed by atoms with E-state index in [1.807, 2.05) is 0 Å². The first-order chi connectivity index (χ1) is 6.00. The van der Waals surface area contributed by atoms with Crippen molar-refractivity contribution in [2.75, 3.05) is 7.11 Å². The van der Waals surface area contributed by atoms with Crippen LogP contribution in [0.2, 0.25) is 0 Å². The number of aliphatic hydroxyl groups is 5. The molecule has 0 saturated heterocycles. The number of rotatable bonds is 1. The molecule has 1 aliphatic carbocycles. The lowest BCUT2D eigenvalue weighted by Gasteiger charge is -2.40. The smallest absolute Gasteiger partial charge is 0.114 e. The minimum Gasteiger partial charge on any atom is -0.387 e. The summed E-state index contributed by atoms with van der Waals surface area (Å²) in [5.74, 6) is 0. The van der Waals surface area contributed by atoms with Gasteiger partial charge in [0, 0.05) is 7.11 Å². The van der Waals surface area contributed by atoms with Crippen LogP contribution < -0.4 is 0 Å². The number of aliphatic hydroxyl groups excluding tert-OH is 5. The van der Waals surface area contributed by atoms with Crippen LogP contribution in [0.4, 0.5) is 0 Å². The monoisotopic (exact) mass is 194 g/mol. The highest BCUT2D eigenvalue weighted by Gasteiger charge is 2.48. The van der Waals surface area contributed by atoms with Crippen LogP contribution >= 0.6 is 0 Å². The Kier molecular flexibility index (Phi) is 3.23. The zero-order valence-corrected chi connectivity index (χ0v) is 7.11. The van der Waals surface area contributed by atoms with Crippen LogP contribution in [-0.2, 0) is 4.74 Å². The maximum Gasteiger partial charge on any atom is 0.114 e. The molecule has 0 amide bonds. The fraction of sp³-hybridized carbons (Fsp3) is 1.00. The number of hydrogen-bond acceptors (Lipinski definition) is 6. The average Bonchev–Trinajstić information content (AvgIpc) is 2.13. The van der Waals surface area contributed by atoms with Gasteiger partial charge >= 0.3 is 0 Å². The normalized spacial score (nSPS) is 52.2. The van der Waals surface area contributed by atoms with Crippen LogP contribution in [0.3, 0.4) is 0 Å². The van der Waals surface area contributed by atoms with E-state index in [1.54, 1.807) is 0 Å². The second-order valence-corrected chi connectivity index (χ2v) is 3.15. The summed E-state index contributed by atoms with van der Waals surface area (Å²) in [6, 6.07) is 0. The van der Waals surface area contributed by atoms with Crippen molar-refractivity contribution in [1.82, 2.24) is 0 Å². The van der Waals surface area contributed by atoms with Crippen molar-refractivity contribution >= 4 is 0 Å². The van der Waals surface area contributed by atoms with Crippen LogP contribution in [0.5, 0.6) is 0 Å². The summed E-state index contributed by atoms with van der Waals surface area (Å²) < 4.78 is 4.67. The molecule has 6 heteroatoms. The quantitative estimate of drug-likeness (QED) is 0.301. The third-order valence-electron chi connectivity index (χ3n) is 2.35. The van der Waals surface area contributed by atoms with Gasteiger partial charge in [-0.2, -0.15) is 0 Å². The lowest BCUT2D eigenvalue weighted by atomic mass is 9.85. The van der Waals surface area contributed by atoms with E-state index in [0.29, 0.717) is 0 Å². The molecule has 0 aliphatic heterocycles. The summed E-state index contributed by atoms with van der Waals surface area (Å²) >= 11 is 0. The Morgan fingerprint density at radius 2 is 1.00 bits per heavy atom. The number of hydrogen-bond donors (Lipinski definition) is 5. The minimum absolute atomic E-state index is 1.09. The third kappa shape index (κ3) is 1.69. The summed E-state index contributed by atoms with van der Waals surface area (Å²) in [4.78, 5) is 0. The molecule has 0 aromatic rings. The van der Waals surface area contributed by atoms with E-state index >= 15 is 0 Å². The van der Waals surface area contributed by atoms with Gasteiger partial charge in [-0.1, -0.05) is 0 Å². The van der Waals surface area contributed by atoms with Gasteiger partial charge < -0.3 is 30.3 Å². The Morgan fingerprint density at radius 1 is 0.692 bits per heavy atom. The van der Waals surface area contributed by atoms with Crippen molar-refractivity contribution in [3.05, 3.63) is 0 Å². The third-order valence-corrected chi connectivity index (χ3v) is 2.35. The fourth-order valence-electron chi connectivity index (χ4n) is 1.48. The van der Waals surface area contributed by atoms with Crippen molar-refractivity contribution in [3.63, 3.8) is 0 Å². The van der Waals surface area contributed by atoms with E-state index in [1.165, 1.54) is 7.11 Å². The first-order valence-corrected chi connectivity index (χ1v) is 3.93. The van der Waals surface area contributed by atoms with Gasteiger partial charge in [0.2, 0.25) is 0 Å². The van der Waals surface area contributed by atoms with Gasteiger partial charge in [0.25, 0.3) is 0 Å². The van der Waals surface area contributed by atoms with Crippen molar-refractivity contribution in [1.29, 1.82) is 0 Å². The molecule has 0 spiro atoms. The van der Waals surface area contributed by atoms with E-state index in [2.05, 4.69) is 4.74 Å². The molecule has 1 fully saturated rings. The molecule has 0 aromatic heterocycles. The maximum absolute atomic E-state index is 9.29. The van der Waals surface area contributed by atoms with Gasteiger partial charge in [0.1, 0.15) is 36.6 Å². The number of methoxy groups -OCH3 is 1. The Labute approximate surface area is 75.0 Å². The van der Waals surface area contributed by atoms with Crippen molar-refractivity contribution in [2.24, 2.45) is 0 Å². The summed E-state index contributed by atoms with van der Waals surface area (Å²) in [7, 11) is 1.23. The molecule has 78 valence electrons. The Hall–Kier alpha value is -0.240. The maximum atomic E-state index is 9.29. The largest absolute Gasteiger partial charge is 0.387 e. The van der Waals surface area contributed by atoms with E-state index in [9.17, 15) is 20.4 Å². The summed E-state index contributed by atoms with van der Waals surface area (Å²) in [5.41, 5.74) is 0. The lowest BCUT2D eigenvalue weighted by Crippen LogP contribution is -2.64. The van der Waals surface area contributed by atoms with E-state index in [-0.39, 0.29) is 0 Å². The van der Waals surface area contributed by atoms with Gasteiger partial charge in [-0.15, -0.1) is 0 Å². The number of ether oxygens (including phenoxy) is 1. The summed E-state index contributed by atoms with van der Waals surface area (Å²) in [6.45, 7) is 0. The Morgan fingerprint density at radius 3 is 1.31 bits per heavy atom. The van der Waals surface area contributed by atoms with Gasteiger partial charge in [-0.05, 0) is 0 Å². The standard InChI is InChI=1S/C7H14O6/c1-13-7-5(11)3(9)2(8)4(10)6(7)12/h2-12H,1H3/t2?,3?,4?,5-,6?,7?/m1/s1. The highest BCUT2D eigenvalue weighted by atomic mass is 16.5. The van der Waals surface area contributed by atoms with Crippen molar-refractivity contribution in [2.45, 2.75) is 36.6 Å². The second kappa shape index (κ2) is 3.87. The molecule has 1 aliphatic rings. The molecule has 13 heavy (non-hydrogen) atoms. The minimum atomic E-state index is -1.56. The highest BCUT2D eigenvalue weighted by Crippen LogP contribution is 2.23. The zero-order valence-electron chi connectivity index (χ0n) is 7.11. The zero-order chi connectivity index (χ0) is 10.2. The van der Waals surface area contributed by atoms with Crippen LogP contribution in [-0.4, -0.2) is 69.3 Å². The van der Waals surface area contributed by atoms with E-state index < -0.39 is 36.6 Å². The molecule has 0 bridgehead atoms. The van der Waals surface area contributed by atoms with E-state index in [4.69, 9.17) is 5.11 Å². The molecule has 0 aromatic carbocycles. The van der Waals surface area contributed by atoms with Gasteiger partial charge in [0.05, 0.1) is 0 Å². The first-order valence-electron chi connectivity index (χ1n) is 3.93. The predicted octanol–water partition coefficient (Wildman–Crippen LogP) is -3.18. The van der Waals surface area contributed by atoms with E-state index in [0.717, 1.165) is 0 Å². The molecule has 1 saturated carbocycles. The topological polar surface area (TPSA) is 110 Å². The Balaban J connectivity index is 2.79. The van der Waals surface area contributed by atoms with Crippen molar-refractivity contribution in [3.8, 4) is 0 Å². The van der Waals surface area contributed by atoms with Gasteiger partial charge in [-0.25, -0.2) is 0 Å². The summed E-state index contributed by atoms with van der Waals surface area (Å²) in [6.07, 6.45) is -8.48. The molecule has 0 heterocycles. The van der Waals surface area contributed by atoms with Gasteiger partial charge in [-0.3, -0.25) is 0 Å². The molecule has 1 rings (SSSR count). The average molecular weight is 194 g/mol. The molecule has 5 N–H and O–H groups in total. The second-order valence-electron chi connectivity index (χ2n) is 3.15. The lowest BCUT2D eigenvalue weighted by molar-refractivity contribution is -0.229. The molecule has 0 radical (unpaired) electrons. The molecular formula is C7H14O6. The van der Waals surface area contributed by atoms with Crippen LogP contribution in [0.15, 0.2) is 0 Å². The molecular weight excluding hydrogens is 180 g/mol. The molecule has 6 atom stereocenters. The fourth-order valence-corrected chi connectivity index (χ4v) is 1.48. The van der Waals surface area contributed by atoms with Crippen molar-refractivity contribution < 1.29 is 30.3 Å². The molecule has 6 nitrogen and oxygen atoms in total. The van der Waals surface area contributed by atoms with Crippen LogP contribution in [0.1, 0.15) is 0 Å². The Bertz CT molecular complexity index is 158. The van der Waals surface area contributed by atoms with Gasteiger partial charge in [0.15, 0.2) is 0 Å². The van der Waals surface area contributed by atoms with Crippen LogP contribution in [0, 0.1) is 0 Å². The highest BCUT2D eigenvalue weighted by molar-refractivity contribution is 4.99. The SMILES string of the molecule is COC1C(O)C(O)C(O)C(O)[C@H]1O. The summed E-state index contributed by atoms with van der Waals surface area (Å²) in [5, 5.41) is 46.1. The predicted molar refractivity (Wildman–Crippen MR) is 40.8 cm³/mol. The van der Waals surface area contributed by atoms with Crippen LogP contribution in [0.25, 0.3) is 0 Å².